The Hall–Kier alpha value is -2.62. The molecule has 1 aromatic heterocycles. The predicted molar refractivity (Wildman–Crippen MR) is 113 cm³/mol. The van der Waals surface area contributed by atoms with Gasteiger partial charge in [-0.2, -0.15) is 0 Å². The van der Waals surface area contributed by atoms with Crippen LogP contribution in [0, 0.1) is 5.92 Å². The Morgan fingerprint density at radius 2 is 1.86 bits per heavy atom. The fourth-order valence-corrected chi connectivity index (χ4v) is 3.70. The lowest BCUT2D eigenvalue weighted by Gasteiger charge is -2.17. The minimum Gasteiger partial charge on any atom is -0.346 e. The molecule has 1 aliphatic carbocycles. The van der Waals surface area contributed by atoms with Crippen molar-refractivity contribution in [3.63, 3.8) is 0 Å². The van der Waals surface area contributed by atoms with E-state index in [9.17, 15) is 4.79 Å². The minimum atomic E-state index is -0.111. The molecule has 0 bridgehead atoms. The Balaban J connectivity index is 1.63. The summed E-state index contributed by atoms with van der Waals surface area (Å²) in [6, 6.07) is 17.0. The van der Waals surface area contributed by atoms with Crippen molar-refractivity contribution in [3.8, 4) is 0 Å². The summed E-state index contributed by atoms with van der Waals surface area (Å²) in [5.41, 5.74) is 4.71. The first kappa shape index (κ1) is 18.7. The van der Waals surface area contributed by atoms with Crippen LogP contribution in [0.15, 0.2) is 48.5 Å². The normalized spacial score (nSPS) is 16.1. The second-order valence-electron chi connectivity index (χ2n) is 8.10. The molecular weight excluding hydrogens is 346 g/mol. The van der Waals surface area contributed by atoms with Crippen LogP contribution < -0.4 is 5.32 Å². The molecule has 1 aliphatic rings. The summed E-state index contributed by atoms with van der Waals surface area (Å²) in [6.45, 7) is 7.27. The van der Waals surface area contributed by atoms with Gasteiger partial charge in [-0.15, -0.1) is 0 Å². The van der Waals surface area contributed by atoms with Gasteiger partial charge in [-0.3, -0.25) is 4.79 Å². The zero-order valence-electron chi connectivity index (χ0n) is 17.0. The summed E-state index contributed by atoms with van der Waals surface area (Å²) >= 11 is 0. The van der Waals surface area contributed by atoms with Crippen LogP contribution in [0.5, 0.6) is 0 Å². The molecule has 4 heteroatoms. The second kappa shape index (κ2) is 7.78. The van der Waals surface area contributed by atoms with Gasteiger partial charge in [0.1, 0.15) is 5.82 Å². The zero-order chi connectivity index (χ0) is 19.7. The first-order valence-electron chi connectivity index (χ1n) is 10.4. The Morgan fingerprint density at radius 1 is 1.14 bits per heavy atom. The first-order valence-corrected chi connectivity index (χ1v) is 10.4. The van der Waals surface area contributed by atoms with E-state index in [-0.39, 0.29) is 17.9 Å². The molecule has 4 nitrogen and oxygen atoms in total. The van der Waals surface area contributed by atoms with Gasteiger partial charge in [0.05, 0.1) is 17.1 Å². The van der Waals surface area contributed by atoms with E-state index < -0.39 is 0 Å². The molecule has 1 amide bonds. The molecule has 3 aromatic rings. The number of benzene rings is 2. The number of hydrogen-bond acceptors (Lipinski definition) is 2. The average Bonchev–Trinajstić information content (AvgIpc) is 3.51. The molecular formula is C24H29N3O. The highest BCUT2D eigenvalue weighted by Crippen LogP contribution is 2.30. The summed E-state index contributed by atoms with van der Waals surface area (Å²) in [5, 5.41) is 3.15. The Morgan fingerprint density at radius 3 is 2.54 bits per heavy atom. The maximum Gasteiger partial charge on any atom is 0.223 e. The van der Waals surface area contributed by atoms with Crippen LogP contribution in [-0.4, -0.2) is 15.5 Å². The van der Waals surface area contributed by atoms with Crippen LogP contribution in [0.25, 0.3) is 11.0 Å². The van der Waals surface area contributed by atoms with Crippen molar-refractivity contribution in [1.82, 2.24) is 14.9 Å². The molecule has 146 valence electrons. The van der Waals surface area contributed by atoms with Gasteiger partial charge in [0.25, 0.3) is 0 Å². The fourth-order valence-electron chi connectivity index (χ4n) is 3.70. The van der Waals surface area contributed by atoms with Gasteiger partial charge in [0.15, 0.2) is 0 Å². The van der Waals surface area contributed by atoms with Crippen molar-refractivity contribution in [2.75, 3.05) is 0 Å². The van der Waals surface area contributed by atoms with Gasteiger partial charge in [-0.05, 0) is 55.4 Å². The third-order valence-corrected chi connectivity index (χ3v) is 5.88. The molecule has 2 unspecified atom stereocenters. The topological polar surface area (TPSA) is 46.9 Å². The molecule has 1 fully saturated rings. The molecule has 0 aliphatic heterocycles. The monoisotopic (exact) mass is 375 g/mol. The summed E-state index contributed by atoms with van der Waals surface area (Å²) in [6.07, 6.45) is 3.17. The highest BCUT2D eigenvalue weighted by atomic mass is 16.2. The van der Waals surface area contributed by atoms with Crippen LogP contribution in [0.1, 0.15) is 68.9 Å². The molecule has 28 heavy (non-hydrogen) atoms. The lowest BCUT2D eigenvalue weighted by atomic mass is 9.97. The molecule has 0 radical (unpaired) electrons. The molecule has 1 heterocycles. The third kappa shape index (κ3) is 3.82. The molecule has 0 spiro atoms. The number of nitrogens with zero attached hydrogens (tertiary/aromatic N) is 2. The van der Waals surface area contributed by atoms with Gasteiger partial charge in [0, 0.05) is 12.5 Å². The van der Waals surface area contributed by atoms with Gasteiger partial charge in [-0.25, -0.2) is 4.98 Å². The smallest absolute Gasteiger partial charge is 0.223 e. The van der Waals surface area contributed by atoms with Crippen LogP contribution in [0.4, 0.5) is 0 Å². The molecule has 0 saturated heterocycles. The van der Waals surface area contributed by atoms with Crippen molar-refractivity contribution in [3.05, 3.63) is 65.5 Å². The lowest BCUT2D eigenvalue weighted by Crippen LogP contribution is -2.29. The van der Waals surface area contributed by atoms with Gasteiger partial charge in [-0.1, -0.05) is 50.2 Å². The number of amides is 1. The number of imidazole rings is 1. The molecule has 1 saturated carbocycles. The molecule has 2 aromatic carbocycles. The number of rotatable bonds is 7. The Labute approximate surface area is 167 Å². The predicted octanol–water partition coefficient (Wildman–Crippen LogP) is 5.19. The average molecular weight is 376 g/mol. The van der Waals surface area contributed by atoms with Crippen molar-refractivity contribution in [1.29, 1.82) is 0 Å². The fraction of sp³-hybridized carbons (Fsp3) is 0.417. The van der Waals surface area contributed by atoms with Crippen LogP contribution >= 0.6 is 0 Å². The standard InChI is InChI=1S/C24H29N3O/c1-4-16(2)19-11-9-18(10-12-19)15-27-22-8-6-5-7-21(22)26-23(27)17(3)25-24(28)20-13-14-20/h5-12,16-17,20H,4,13-15H2,1-3H3,(H,25,28). The van der Waals surface area contributed by atoms with Crippen LogP contribution in [0.3, 0.4) is 0 Å². The Bertz CT molecular complexity index is 969. The van der Waals surface area contributed by atoms with Gasteiger partial charge >= 0.3 is 0 Å². The molecule has 4 rings (SSSR count). The summed E-state index contributed by atoms with van der Waals surface area (Å²) in [5.74, 6) is 1.86. The van der Waals surface area contributed by atoms with Gasteiger partial charge in [0.2, 0.25) is 5.91 Å². The van der Waals surface area contributed by atoms with E-state index in [1.54, 1.807) is 0 Å². The number of nitrogens with one attached hydrogen (secondary N) is 1. The maximum atomic E-state index is 12.3. The van der Waals surface area contributed by atoms with E-state index in [0.29, 0.717) is 5.92 Å². The van der Waals surface area contributed by atoms with E-state index in [0.717, 1.165) is 42.7 Å². The van der Waals surface area contributed by atoms with E-state index in [4.69, 9.17) is 4.98 Å². The van der Waals surface area contributed by atoms with E-state index in [1.807, 2.05) is 25.1 Å². The van der Waals surface area contributed by atoms with Crippen LogP contribution in [0.2, 0.25) is 0 Å². The number of fused-ring (bicyclic) bond motifs is 1. The number of carbonyl (C=O) groups is 1. The molecule has 2 atom stereocenters. The second-order valence-corrected chi connectivity index (χ2v) is 8.10. The highest BCUT2D eigenvalue weighted by Gasteiger charge is 2.31. The number of hydrogen-bond donors (Lipinski definition) is 1. The van der Waals surface area contributed by atoms with E-state index >= 15 is 0 Å². The van der Waals surface area contributed by atoms with Crippen molar-refractivity contribution in [2.24, 2.45) is 5.92 Å². The largest absolute Gasteiger partial charge is 0.346 e. The third-order valence-electron chi connectivity index (χ3n) is 5.88. The highest BCUT2D eigenvalue weighted by molar-refractivity contribution is 5.81. The SMILES string of the molecule is CCC(C)c1ccc(Cn2c(C(C)NC(=O)C3CC3)nc3ccccc32)cc1. The van der Waals surface area contributed by atoms with Crippen LogP contribution in [-0.2, 0) is 11.3 Å². The van der Waals surface area contributed by atoms with Crippen molar-refractivity contribution >= 4 is 16.9 Å². The first-order chi connectivity index (χ1) is 13.6. The number of aromatic nitrogens is 2. The van der Waals surface area contributed by atoms with Gasteiger partial charge < -0.3 is 9.88 Å². The quantitative estimate of drug-likeness (QED) is 0.618. The minimum absolute atomic E-state index is 0.111. The summed E-state index contributed by atoms with van der Waals surface area (Å²) in [7, 11) is 0. The van der Waals surface area contributed by atoms with Crippen molar-refractivity contribution in [2.45, 2.75) is 58.5 Å². The lowest BCUT2D eigenvalue weighted by molar-refractivity contribution is -0.123. The summed E-state index contributed by atoms with van der Waals surface area (Å²) < 4.78 is 2.24. The molecule has 1 N–H and O–H groups in total. The Kier molecular flexibility index (Phi) is 5.21. The van der Waals surface area contributed by atoms with E-state index in [1.165, 1.54) is 11.1 Å². The van der Waals surface area contributed by atoms with Crippen molar-refractivity contribution < 1.29 is 4.79 Å². The number of carbonyl (C=O) groups excluding carboxylic acids is 1. The number of para-hydroxylation sites is 2. The summed E-state index contributed by atoms with van der Waals surface area (Å²) in [4.78, 5) is 17.1. The zero-order valence-corrected chi connectivity index (χ0v) is 17.0. The van der Waals surface area contributed by atoms with E-state index in [2.05, 4.69) is 54.1 Å². The maximum absolute atomic E-state index is 12.3.